The zero-order valence-electron chi connectivity index (χ0n) is 12.8. The SMILES string of the molecule is CCCc1cc(NCc2nc(N(C)C)no2)n2ncnc2n1. The Morgan fingerprint density at radius 1 is 1.32 bits per heavy atom. The first kappa shape index (κ1) is 14.2. The van der Waals surface area contributed by atoms with E-state index in [1.807, 2.05) is 20.2 Å². The monoisotopic (exact) mass is 302 g/mol. The highest BCUT2D eigenvalue weighted by molar-refractivity contribution is 5.45. The van der Waals surface area contributed by atoms with Crippen molar-refractivity contribution in [2.45, 2.75) is 26.3 Å². The van der Waals surface area contributed by atoms with E-state index in [-0.39, 0.29) is 0 Å². The van der Waals surface area contributed by atoms with Crippen LogP contribution in [0.4, 0.5) is 11.8 Å². The number of aryl methyl sites for hydroxylation is 1. The third-order valence-corrected chi connectivity index (χ3v) is 3.09. The van der Waals surface area contributed by atoms with Crippen LogP contribution in [0.3, 0.4) is 0 Å². The molecule has 3 aromatic rings. The number of anilines is 2. The number of hydrogen-bond acceptors (Lipinski definition) is 8. The molecule has 0 bridgehead atoms. The van der Waals surface area contributed by atoms with Crippen LogP contribution in [0.15, 0.2) is 16.9 Å². The maximum atomic E-state index is 5.19. The minimum Gasteiger partial charge on any atom is -0.361 e. The van der Waals surface area contributed by atoms with E-state index >= 15 is 0 Å². The molecule has 3 rings (SSSR count). The van der Waals surface area contributed by atoms with E-state index in [4.69, 9.17) is 4.52 Å². The molecule has 0 saturated heterocycles. The van der Waals surface area contributed by atoms with Gasteiger partial charge in [-0.25, -0.2) is 4.98 Å². The highest BCUT2D eigenvalue weighted by Gasteiger charge is 2.10. The Kier molecular flexibility index (Phi) is 3.86. The summed E-state index contributed by atoms with van der Waals surface area (Å²) in [6.07, 6.45) is 3.40. The van der Waals surface area contributed by atoms with Gasteiger partial charge < -0.3 is 14.7 Å². The Morgan fingerprint density at radius 2 is 2.18 bits per heavy atom. The van der Waals surface area contributed by atoms with Gasteiger partial charge in [0.15, 0.2) is 0 Å². The molecule has 0 amide bonds. The summed E-state index contributed by atoms with van der Waals surface area (Å²) in [6.45, 7) is 2.52. The van der Waals surface area contributed by atoms with Crippen molar-refractivity contribution in [3.05, 3.63) is 24.0 Å². The second-order valence-electron chi connectivity index (χ2n) is 5.09. The minimum atomic E-state index is 0.408. The predicted molar refractivity (Wildman–Crippen MR) is 80.7 cm³/mol. The first-order chi connectivity index (χ1) is 10.7. The highest BCUT2D eigenvalue weighted by atomic mass is 16.5. The van der Waals surface area contributed by atoms with E-state index < -0.39 is 0 Å². The van der Waals surface area contributed by atoms with Crippen LogP contribution in [0.1, 0.15) is 24.9 Å². The molecule has 0 aliphatic carbocycles. The molecule has 0 radical (unpaired) electrons. The molecule has 9 nitrogen and oxygen atoms in total. The van der Waals surface area contributed by atoms with Gasteiger partial charge in [0.2, 0.25) is 5.89 Å². The molecule has 116 valence electrons. The average Bonchev–Trinajstić information content (AvgIpc) is 3.14. The molecule has 0 aliphatic rings. The lowest BCUT2D eigenvalue weighted by Crippen LogP contribution is -2.11. The topological polar surface area (TPSA) is 97.3 Å². The van der Waals surface area contributed by atoms with E-state index in [2.05, 4.69) is 37.4 Å². The lowest BCUT2D eigenvalue weighted by Gasteiger charge is -2.07. The van der Waals surface area contributed by atoms with Crippen LogP contribution in [-0.4, -0.2) is 43.8 Å². The van der Waals surface area contributed by atoms with Crippen molar-refractivity contribution in [1.82, 2.24) is 29.7 Å². The van der Waals surface area contributed by atoms with E-state index in [9.17, 15) is 0 Å². The van der Waals surface area contributed by atoms with Gasteiger partial charge >= 0.3 is 0 Å². The molecule has 1 N–H and O–H groups in total. The van der Waals surface area contributed by atoms with E-state index in [1.165, 1.54) is 6.33 Å². The number of nitrogens with one attached hydrogen (secondary N) is 1. The summed E-state index contributed by atoms with van der Waals surface area (Å²) < 4.78 is 6.85. The largest absolute Gasteiger partial charge is 0.361 e. The zero-order valence-corrected chi connectivity index (χ0v) is 12.8. The number of aromatic nitrogens is 6. The molecular formula is C13H18N8O. The second kappa shape index (κ2) is 5.96. The molecule has 0 spiro atoms. The van der Waals surface area contributed by atoms with Gasteiger partial charge in [-0.05, 0) is 11.6 Å². The molecule has 0 aliphatic heterocycles. The molecular weight excluding hydrogens is 284 g/mol. The molecule has 0 aromatic carbocycles. The third-order valence-electron chi connectivity index (χ3n) is 3.09. The first-order valence-electron chi connectivity index (χ1n) is 7.11. The second-order valence-corrected chi connectivity index (χ2v) is 5.09. The van der Waals surface area contributed by atoms with Crippen molar-refractivity contribution in [2.24, 2.45) is 0 Å². The van der Waals surface area contributed by atoms with Gasteiger partial charge in [0.05, 0.1) is 6.54 Å². The van der Waals surface area contributed by atoms with Gasteiger partial charge in [0, 0.05) is 25.9 Å². The van der Waals surface area contributed by atoms with Crippen LogP contribution in [0, 0.1) is 0 Å². The van der Waals surface area contributed by atoms with Gasteiger partial charge in [-0.1, -0.05) is 13.3 Å². The summed E-state index contributed by atoms with van der Waals surface area (Å²) in [6, 6.07) is 1.97. The highest BCUT2D eigenvalue weighted by Crippen LogP contribution is 2.14. The van der Waals surface area contributed by atoms with Crippen LogP contribution >= 0.6 is 0 Å². The Bertz CT molecular complexity index is 762. The van der Waals surface area contributed by atoms with Gasteiger partial charge in [-0.15, -0.1) is 0 Å². The smallest absolute Gasteiger partial charge is 0.265 e. The van der Waals surface area contributed by atoms with Crippen LogP contribution in [0.5, 0.6) is 0 Å². The number of rotatable bonds is 6. The van der Waals surface area contributed by atoms with Crippen molar-refractivity contribution < 1.29 is 4.52 Å². The lowest BCUT2D eigenvalue weighted by molar-refractivity contribution is 0.383. The van der Waals surface area contributed by atoms with Gasteiger partial charge in [0.25, 0.3) is 11.7 Å². The quantitative estimate of drug-likeness (QED) is 0.724. The molecule has 0 saturated carbocycles. The van der Waals surface area contributed by atoms with Crippen molar-refractivity contribution in [1.29, 1.82) is 0 Å². The fourth-order valence-corrected chi connectivity index (χ4v) is 2.04. The van der Waals surface area contributed by atoms with Gasteiger partial charge in [-0.2, -0.15) is 19.6 Å². The maximum absolute atomic E-state index is 5.19. The van der Waals surface area contributed by atoms with Crippen molar-refractivity contribution >= 4 is 17.5 Å². The summed E-state index contributed by atoms with van der Waals surface area (Å²) in [7, 11) is 3.72. The standard InChI is InChI=1S/C13H18N8O/c1-4-5-9-6-10(21-12(17-9)15-8-16-21)14-7-11-18-13(19-22-11)20(2)3/h6,8,14H,4-5,7H2,1-3H3. The summed E-state index contributed by atoms with van der Waals surface area (Å²) in [5.41, 5.74) is 0.977. The van der Waals surface area contributed by atoms with Gasteiger partial charge in [0.1, 0.15) is 12.1 Å². The fraction of sp³-hybridized carbons (Fsp3) is 0.462. The Balaban J connectivity index is 1.81. The normalized spacial score (nSPS) is 11.0. The number of fused-ring (bicyclic) bond motifs is 1. The van der Waals surface area contributed by atoms with E-state index in [1.54, 1.807) is 9.42 Å². The van der Waals surface area contributed by atoms with Crippen LogP contribution in [0.2, 0.25) is 0 Å². The van der Waals surface area contributed by atoms with Crippen LogP contribution in [-0.2, 0) is 13.0 Å². The Labute approximate surface area is 127 Å². The lowest BCUT2D eigenvalue weighted by atomic mass is 10.2. The average molecular weight is 302 g/mol. The first-order valence-corrected chi connectivity index (χ1v) is 7.11. The number of hydrogen-bond donors (Lipinski definition) is 1. The molecule has 3 aromatic heterocycles. The van der Waals surface area contributed by atoms with Gasteiger partial charge in [-0.3, -0.25) is 0 Å². The zero-order chi connectivity index (χ0) is 15.5. The van der Waals surface area contributed by atoms with Crippen molar-refractivity contribution in [3.63, 3.8) is 0 Å². The molecule has 3 heterocycles. The van der Waals surface area contributed by atoms with Crippen LogP contribution in [0.25, 0.3) is 5.78 Å². The fourth-order valence-electron chi connectivity index (χ4n) is 2.04. The number of nitrogens with zero attached hydrogens (tertiary/aromatic N) is 7. The van der Waals surface area contributed by atoms with Crippen LogP contribution < -0.4 is 10.2 Å². The molecule has 0 unspecified atom stereocenters. The van der Waals surface area contributed by atoms with E-state index in [0.29, 0.717) is 24.2 Å². The van der Waals surface area contributed by atoms with Crippen molar-refractivity contribution in [2.75, 3.05) is 24.3 Å². The summed E-state index contributed by atoms with van der Waals surface area (Å²) in [5.74, 6) is 2.43. The Hall–Kier alpha value is -2.71. The maximum Gasteiger partial charge on any atom is 0.265 e. The Morgan fingerprint density at radius 3 is 2.91 bits per heavy atom. The summed E-state index contributed by atoms with van der Waals surface area (Å²) in [5, 5.41) is 11.3. The minimum absolute atomic E-state index is 0.408. The summed E-state index contributed by atoms with van der Waals surface area (Å²) in [4.78, 5) is 14.7. The molecule has 9 heteroatoms. The summed E-state index contributed by atoms with van der Waals surface area (Å²) >= 11 is 0. The third kappa shape index (κ3) is 2.83. The van der Waals surface area contributed by atoms with Crippen molar-refractivity contribution in [3.8, 4) is 0 Å². The predicted octanol–water partition coefficient (Wildman–Crippen LogP) is 1.14. The molecule has 22 heavy (non-hydrogen) atoms. The van der Waals surface area contributed by atoms with E-state index in [0.717, 1.165) is 24.4 Å². The molecule has 0 atom stereocenters. The molecule has 0 fully saturated rings.